The van der Waals surface area contributed by atoms with E-state index in [1.54, 1.807) is 0 Å². The van der Waals surface area contributed by atoms with Gasteiger partial charge in [0.15, 0.2) is 5.82 Å². The van der Waals surface area contributed by atoms with Crippen LogP contribution in [-0.4, -0.2) is 20.8 Å². The SMILES string of the molecule is Cc1c(C(=O)Nc2cncc(Cl)n2)cccc1[N+](=O)[O-]. The fraction of sp³-hybridized carbons (Fsp3) is 0.0833. The van der Waals surface area contributed by atoms with E-state index in [1.165, 1.54) is 37.5 Å². The molecule has 0 aliphatic carbocycles. The molecule has 0 aliphatic heterocycles. The van der Waals surface area contributed by atoms with Crippen LogP contribution in [0.2, 0.25) is 5.15 Å². The minimum absolute atomic E-state index is 0.116. The number of nitro benzene ring substituents is 1. The Bertz CT molecular complexity index is 690. The monoisotopic (exact) mass is 292 g/mol. The number of benzene rings is 1. The Labute approximate surface area is 118 Å². The predicted molar refractivity (Wildman–Crippen MR) is 72.8 cm³/mol. The van der Waals surface area contributed by atoms with Gasteiger partial charge >= 0.3 is 0 Å². The Kier molecular flexibility index (Phi) is 3.90. The molecule has 2 rings (SSSR count). The number of amides is 1. The molecular formula is C12H9ClN4O3. The van der Waals surface area contributed by atoms with Gasteiger partial charge in [-0.1, -0.05) is 17.7 Å². The molecular weight excluding hydrogens is 284 g/mol. The van der Waals surface area contributed by atoms with E-state index in [1.807, 2.05) is 0 Å². The van der Waals surface area contributed by atoms with Gasteiger partial charge in [-0.3, -0.25) is 19.9 Å². The zero-order chi connectivity index (χ0) is 14.7. The number of carbonyl (C=O) groups excluding carboxylic acids is 1. The summed E-state index contributed by atoms with van der Waals surface area (Å²) in [5.74, 6) is -0.337. The maximum absolute atomic E-state index is 12.1. The molecule has 0 fully saturated rings. The number of hydrogen-bond acceptors (Lipinski definition) is 5. The van der Waals surface area contributed by atoms with Gasteiger partial charge in [-0.2, -0.15) is 0 Å². The zero-order valence-electron chi connectivity index (χ0n) is 10.3. The number of halogens is 1. The highest BCUT2D eigenvalue weighted by Crippen LogP contribution is 2.21. The fourth-order valence-corrected chi connectivity index (χ4v) is 1.80. The van der Waals surface area contributed by atoms with Crippen LogP contribution in [-0.2, 0) is 0 Å². The summed E-state index contributed by atoms with van der Waals surface area (Å²) in [7, 11) is 0. The lowest BCUT2D eigenvalue weighted by molar-refractivity contribution is -0.385. The van der Waals surface area contributed by atoms with Crippen molar-refractivity contribution in [3.05, 3.63) is 57.0 Å². The van der Waals surface area contributed by atoms with Crippen molar-refractivity contribution in [2.24, 2.45) is 0 Å². The van der Waals surface area contributed by atoms with E-state index in [4.69, 9.17) is 11.6 Å². The van der Waals surface area contributed by atoms with Crippen molar-refractivity contribution in [1.82, 2.24) is 9.97 Å². The summed E-state index contributed by atoms with van der Waals surface area (Å²) >= 11 is 5.66. The highest BCUT2D eigenvalue weighted by Gasteiger charge is 2.18. The van der Waals surface area contributed by atoms with Crippen LogP contribution in [0.4, 0.5) is 11.5 Å². The normalized spacial score (nSPS) is 10.1. The molecule has 0 unspecified atom stereocenters. The average Bonchev–Trinajstić information content (AvgIpc) is 2.38. The fourth-order valence-electron chi connectivity index (χ4n) is 1.65. The average molecular weight is 293 g/mol. The summed E-state index contributed by atoms with van der Waals surface area (Å²) in [6, 6.07) is 4.28. The summed E-state index contributed by atoms with van der Waals surface area (Å²) in [6.07, 6.45) is 2.66. The van der Waals surface area contributed by atoms with Gasteiger partial charge in [-0.15, -0.1) is 0 Å². The Morgan fingerprint density at radius 2 is 2.15 bits per heavy atom. The molecule has 0 saturated heterocycles. The molecule has 1 amide bonds. The molecule has 0 spiro atoms. The number of nitro groups is 1. The molecule has 1 heterocycles. The van der Waals surface area contributed by atoms with Crippen molar-refractivity contribution in [3.63, 3.8) is 0 Å². The maximum Gasteiger partial charge on any atom is 0.273 e. The third-order valence-electron chi connectivity index (χ3n) is 2.59. The molecule has 8 heteroatoms. The summed E-state index contributed by atoms with van der Waals surface area (Å²) in [6.45, 7) is 1.51. The largest absolute Gasteiger partial charge is 0.305 e. The van der Waals surface area contributed by atoms with E-state index < -0.39 is 10.8 Å². The molecule has 7 nitrogen and oxygen atoms in total. The first-order valence-corrected chi connectivity index (χ1v) is 5.89. The quantitative estimate of drug-likeness (QED) is 0.692. The van der Waals surface area contributed by atoms with Crippen molar-refractivity contribution in [3.8, 4) is 0 Å². The van der Waals surface area contributed by atoms with E-state index in [0.717, 1.165) is 0 Å². The van der Waals surface area contributed by atoms with E-state index >= 15 is 0 Å². The lowest BCUT2D eigenvalue weighted by Crippen LogP contribution is -2.15. The minimum Gasteiger partial charge on any atom is -0.305 e. The molecule has 0 atom stereocenters. The summed E-state index contributed by atoms with van der Waals surface area (Å²) in [5, 5.41) is 13.5. The first kappa shape index (κ1) is 13.9. The van der Waals surface area contributed by atoms with Gasteiger partial charge in [-0.25, -0.2) is 4.98 Å². The zero-order valence-corrected chi connectivity index (χ0v) is 11.1. The number of carbonyl (C=O) groups is 1. The molecule has 1 N–H and O–H groups in total. The molecule has 102 valence electrons. The minimum atomic E-state index is -0.536. The van der Waals surface area contributed by atoms with Gasteiger partial charge in [-0.05, 0) is 13.0 Å². The van der Waals surface area contributed by atoms with Crippen molar-refractivity contribution in [2.45, 2.75) is 6.92 Å². The topological polar surface area (TPSA) is 98.0 Å². The van der Waals surface area contributed by atoms with Crippen LogP contribution in [0.3, 0.4) is 0 Å². The number of rotatable bonds is 3. The van der Waals surface area contributed by atoms with Gasteiger partial charge < -0.3 is 5.32 Å². The number of hydrogen-bond donors (Lipinski definition) is 1. The van der Waals surface area contributed by atoms with E-state index in [9.17, 15) is 14.9 Å². The van der Waals surface area contributed by atoms with Gasteiger partial charge in [0.05, 0.1) is 17.3 Å². The van der Waals surface area contributed by atoms with Gasteiger partial charge in [0, 0.05) is 17.2 Å². The molecule has 0 saturated carbocycles. The smallest absolute Gasteiger partial charge is 0.273 e. The van der Waals surface area contributed by atoms with Crippen molar-refractivity contribution in [2.75, 3.05) is 5.32 Å². The number of aromatic nitrogens is 2. The third kappa shape index (κ3) is 2.89. The van der Waals surface area contributed by atoms with E-state index in [2.05, 4.69) is 15.3 Å². The first-order valence-electron chi connectivity index (χ1n) is 5.52. The summed E-state index contributed by atoms with van der Waals surface area (Å²) in [5.41, 5.74) is 0.362. The second kappa shape index (κ2) is 5.62. The van der Waals surface area contributed by atoms with Crippen LogP contribution in [0.15, 0.2) is 30.6 Å². The van der Waals surface area contributed by atoms with E-state index in [-0.39, 0.29) is 27.8 Å². The lowest BCUT2D eigenvalue weighted by atomic mass is 10.1. The van der Waals surface area contributed by atoms with Crippen molar-refractivity contribution < 1.29 is 9.72 Å². The van der Waals surface area contributed by atoms with Crippen LogP contribution < -0.4 is 5.32 Å². The molecule has 0 bridgehead atoms. The van der Waals surface area contributed by atoms with Crippen LogP contribution in [0, 0.1) is 17.0 Å². The number of nitrogens with one attached hydrogen (secondary N) is 1. The molecule has 1 aromatic heterocycles. The number of anilines is 1. The van der Waals surface area contributed by atoms with Crippen molar-refractivity contribution >= 4 is 29.0 Å². The second-order valence-corrected chi connectivity index (χ2v) is 4.28. The summed E-state index contributed by atoms with van der Waals surface area (Å²) in [4.78, 5) is 30.0. The lowest BCUT2D eigenvalue weighted by Gasteiger charge is -2.07. The van der Waals surface area contributed by atoms with Crippen LogP contribution >= 0.6 is 11.6 Å². The molecule has 1 aromatic carbocycles. The third-order valence-corrected chi connectivity index (χ3v) is 2.78. The predicted octanol–water partition coefficient (Wildman–Crippen LogP) is 2.60. The second-order valence-electron chi connectivity index (χ2n) is 3.89. The molecule has 2 aromatic rings. The Morgan fingerprint density at radius 1 is 1.40 bits per heavy atom. The highest BCUT2D eigenvalue weighted by molar-refractivity contribution is 6.29. The van der Waals surface area contributed by atoms with E-state index in [0.29, 0.717) is 0 Å². The molecule has 0 radical (unpaired) electrons. The van der Waals surface area contributed by atoms with Crippen molar-refractivity contribution in [1.29, 1.82) is 0 Å². The Morgan fingerprint density at radius 3 is 2.80 bits per heavy atom. The molecule has 20 heavy (non-hydrogen) atoms. The summed E-state index contributed by atoms with van der Waals surface area (Å²) < 4.78 is 0. The van der Waals surface area contributed by atoms with Gasteiger partial charge in [0.1, 0.15) is 5.15 Å². The maximum atomic E-state index is 12.1. The molecule has 0 aliphatic rings. The first-order chi connectivity index (χ1) is 9.49. The van der Waals surface area contributed by atoms with Crippen LogP contribution in [0.25, 0.3) is 0 Å². The highest BCUT2D eigenvalue weighted by atomic mass is 35.5. The Hall–Kier alpha value is -2.54. The van der Waals surface area contributed by atoms with Crippen LogP contribution in [0.5, 0.6) is 0 Å². The van der Waals surface area contributed by atoms with Gasteiger partial charge in [0.2, 0.25) is 0 Å². The Balaban J connectivity index is 2.30. The standard InChI is InChI=1S/C12H9ClN4O3/c1-7-8(3-2-4-9(7)17(19)20)12(18)16-11-6-14-5-10(13)15-11/h2-6H,1H3,(H,15,16,18). The van der Waals surface area contributed by atoms with Gasteiger partial charge in [0.25, 0.3) is 11.6 Å². The number of nitrogens with zero attached hydrogens (tertiary/aromatic N) is 3. The van der Waals surface area contributed by atoms with Crippen LogP contribution in [0.1, 0.15) is 15.9 Å².